The number of halogens is 7. The van der Waals surface area contributed by atoms with E-state index in [-0.39, 0.29) is 13.2 Å². The van der Waals surface area contributed by atoms with Gasteiger partial charge in [-0.15, -0.1) is 0 Å². The quantitative estimate of drug-likeness (QED) is 0.246. The molecule has 0 bridgehead atoms. The van der Waals surface area contributed by atoms with Gasteiger partial charge in [-0.1, -0.05) is 12.1 Å². The predicted octanol–water partition coefficient (Wildman–Crippen LogP) is 5.84. The van der Waals surface area contributed by atoms with E-state index >= 15 is 0 Å². The fourth-order valence-corrected chi connectivity index (χ4v) is 3.09. The van der Waals surface area contributed by atoms with Crippen LogP contribution < -0.4 is 15.0 Å². The van der Waals surface area contributed by atoms with Crippen molar-refractivity contribution in [2.75, 3.05) is 45.3 Å². The number of hydrogen-bond acceptors (Lipinski definition) is 6. The molecule has 0 aliphatic carbocycles. The summed E-state index contributed by atoms with van der Waals surface area (Å²) in [7, 11) is 3.90. The molecular formula is C24H24F7N3O3. The van der Waals surface area contributed by atoms with Crippen molar-refractivity contribution in [3.8, 4) is 5.75 Å². The number of fused-ring (bicyclic) bond motifs is 1. The minimum Gasteiger partial charge on any atom is -0.492 e. The molecule has 6 nitrogen and oxygen atoms in total. The first-order valence-corrected chi connectivity index (χ1v) is 11.0. The van der Waals surface area contributed by atoms with Crippen molar-refractivity contribution >= 4 is 28.9 Å². The summed E-state index contributed by atoms with van der Waals surface area (Å²) in [5.74, 6) is -4.93. The zero-order valence-electron chi connectivity index (χ0n) is 19.8. The minimum atomic E-state index is -6.25. The van der Waals surface area contributed by atoms with Gasteiger partial charge in [0.2, 0.25) is 5.89 Å². The van der Waals surface area contributed by atoms with Gasteiger partial charge in [-0.05, 0) is 35.9 Å². The number of nitrogens with one attached hydrogen (secondary N) is 1. The molecule has 0 amide bonds. The van der Waals surface area contributed by atoms with Gasteiger partial charge in [0, 0.05) is 45.0 Å². The third kappa shape index (κ3) is 7.13. The Morgan fingerprint density at radius 2 is 1.54 bits per heavy atom. The molecule has 0 saturated heterocycles. The van der Waals surface area contributed by atoms with Crippen molar-refractivity contribution in [3.05, 3.63) is 53.9 Å². The second kappa shape index (κ2) is 11.4. The minimum absolute atomic E-state index is 0.0225. The fraction of sp³-hybridized carbons (Fsp3) is 0.375. The second-order valence-corrected chi connectivity index (χ2v) is 8.04. The van der Waals surface area contributed by atoms with Gasteiger partial charge in [-0.2, -0.15) is 30.7 Å². The number of aromatic nitrogens is 1. The standard InChI is InChI=1S/C24H24F7N3O3/c1-34(2)17-6-3-16(4-7-17)5-10-21-33-19-9-8-18(15-20(19)37-21)35-13-11-32-12-14-36-22(25,23(26,27)28)24(29,30)31/h3-10,15,32H,11-14H2,1-2H3/b10-5+. The zero-order chi connectivity index (χ0) is 27.3. The van der Waals surface area contributed by atoms with E-state index in [1.165, 1.54) is 0 Å². The monoisotopic (exact) mass is 535 g/mol. The van der Waals surface area contributed by atoms with Crippen LogP contribution in [-0.2, 0) is 4.74 Å². The molecule has 0 aliphatic rings. The molecule has 0 fully saturated rings. The maximum Gasteiger partial charge on any atom is 0.458 e. The lowest BCUT2D eigenvalue weighted by molar-refractivity contribution is -0.429. The van der Waals surface area contributed by atoms with Crippen LogP contribution in [-0.4, -0.2) is 63.6 Å². The van der Waals surface area contributed by atoms with E-state index in [0.29, 0.717) is 22.7 Å². The first kappa shape index (κ1) is 28.3. The van der Waals surface area contributed by atoms with Crippen LogP contribution in [0.2, 0.25) is 0 Å². The SMILES string of the molecule is CN(C)c1ccc(/C=C/c2nc3ccc(OCCNCCOC(F)(C(F)(F)F)C(F)(F)F)cc3o2)cc1. The molecule has 1 aromatic heterocycles. The predicted molar refractivity (Wildman–Crippen MR) is 124 cm³/mol. The number of oxazole rings is 1. The highest BCUT2D eigenvalue weighted by atomic mass is 19.4. The number of hydrogen-bond donors (Lipinski definition) is 1. The lowest BCUT2D eigenvalue weighted by Crippen LogP contribution is -2.55. The van der Waals surface area contributed by atoms with Crippen LogP contribution in [0.25, 0.3) is 23.3 Å². The lowest BCUT2D eigenvalue weighted by Gasteiger charge is -2.29. The molecule has 0 unspecified atom stereocenters. The van der Waals surface area contributed by atoms with Gasteiger partial charge < -0.3 is 24.1 Å². The number of nitrogens with zero attached hydrogens (tertiary/aromatic N) is 2. The Morgan fingerprint density at radius 3 is 2.16 bits per heavy atom. The first-order chi connectivity index (χ1) is 17.3. The Labute approximate surface area is 207 Å². The van der Waals surface area contributed by atoms with E-state index in [0.717, 1.165) is 11.3 Å². The molecule has 1 N–H and O–H groups in total. The fourth-order valence-electron chi connectivity index (χ4n) is 3.09. The van der Waals surface area contributed by atoms with Gasteiger partial charge in [-0.3, -0.25) is 0 Å². The van der Waals surface area contributed by atoms with Crippen LogP contribution in [0.5, 0.6) is 5.75 Å². The van der Waals surface area contributed by atoms with E-state index in [4.69, 9.17) is 9.15 Å². The second-order valence-electron chi connectivity index (χ2n) is 8.04. The Kier molecular flexibility index (Phi) is 8.69. The molecule has 0 atom stereocenters. The Balaban J connectivity index is 1.46. The van der Waals surface area contributed by atoms with Crippen LogP contribution in [0, 0.1) is 0 Å². The molecule has 3 rings (SSSR count). The topological polar surface area (TPSA) is 59.8 Å². The van der Waals surface area contributed by atoms with Gasteiger partial charge in [-0.25, -0.2) is 4.98 Å². The number of ether oxygens (including phenoxy) is 2. The maximum atomic E-state index is 13.4. The molecule has 13 heteroatoms. The highest BCUT2D eigenvalue weighted by Crippen LogP contribution is 2.46. The molecule has 202 valence electrons. The average molecular weight is 535 g/mol. The largest absolute Gasteiger partial charge is 0.492 e. The Morgan fingerprint density at radius 1 is 0.892 bits per heavy atom. The first-order valence-electron chi connectivity index (χ1n) is 11.0. The molecular weight excluding hydrogens is 511 g/mol. The van der Waals surface area contributed by atoms with E-state index < -0.39 is 31.4 Å². The average Bonchev–Trinajstić information content (AvgIpc) is 3.23. The van der Waals surface area contributed by atoms with Gasteiger partial charge in [0.15, 0.2) is 5.58 Å². The summed E-state index contributed by atoms with van der Waals surface area (Å²) < 4.78 is 103. The van der Waals surface area contributed by atoms with Gasteiger partial charge in [0.1, 0.15) is 17.9 Å². The van der Waals surface area contributed by atoms with E-state index in [1.54, 1.807) is 24.3 Å². The highest BCUT2D eigenvalue weighted by Gasteiger charge is 2.74. The zero-order valence-corrected chi connectivity index (χ0v) is 19.8. The number of benzene rings is 2. The molecule has 0 radical (unpaired) electrons. The smallest absolute Gasteiger partial charge is 0.458 e. The normalized spacial score (nSPS) is 13.0. The number of rotatable bonds is 11. The van der Waals surface area contributed by atoms with Crippen LogP contribution in [0.3, 0.4) is 0 Å². The Hall–Kier alpha value is -3.32. The van der Waals surface area contributed by atoms with E-state index in [1.807, 2.05) is 49.3 Å². The Bertz CT molecular complexity index is 1180. The molecule has 2 aromatic carbocycles. The summed E-state index contributed by atoms with van der Waals surface area (Å²) in [5.41, 5.74) is 3.08. The van der Waals surface area contributed by atoms with Crippen LogP contribution in [0.4, 0.5) is 36.4 Å². The van der Waals surface area contributed by atoms with Gasteiger partial charge >= 0.3 is 18.2 Å². The van der Waals surface area contributed by atoms with Crippen molar-refractivity contribution in [2.45, 2.75) is 18.2 Å². The summed E-state index contributed by atoms with van der Waals surface area (Å²) in [6, 6.07) is 12.8. The summed E-state index contributed by atoms with van der Waals surface area (Å²) >= 11 is 0. The van der Waals surface area contributed by atoms with Crippen LogP contribution in [0.15, 0.2) is 46.9 Å². The molecule has 37 heavy (non-hydrogen) atoms. The molecule has 1 heterocycles. The maximum absolute atomic E-state index is 13.4. The van der Waals surface area contributed by atoms with Crippen molar-refractivity contribution in [2.24, 2.45) is 0 Å². The van der Waals surface area contributed by atoms with Crippen molar-refractivity contribution in [1.82, 2.24) is 10.3 Å². The summed E-state index contributed by atoms with van der Waals surface area (Å²) in [5, 5.41) is 2.52. The molecule has 0 saturated carbocycles. The molecule has 0 aliphatic heterocycles. The van der Waals surface area contributed by atoms with Crippen molar-refractivity contribution < 1.29 is 44.6 Å². The summed E-state index contributed by atoms with van der Waals surface area (Å²) in [4.78, 5) is 6.36. The molecule has 0 spiro atoms. The van der Waals surface area contributed by atoms with Crippen molar-refractivity contribution in [1.29, 1.82) is 0 Å². The molecule has 3 aromatic rings. The lowest BCUT2D eigenvalue weighted by atomic mass is 10.2. The third-order valence-corrected chi connectivity index (χ3v) is 5.06. The summed E-state index contributed by atoms with van der Waals surface area (Å²) in [6.07, 6.45) is -8.92. The van der Waals surface area contributed by atoms with E-state index in [2.05, 4.69) is 15.0 Å². The number of alkyl halides is 7. The third-order valence-electron chi connectivity index (χ3n) is 5.06. The number of anilines is 1. The van der Waals surface area contributed by atoms with Crippen LogP contribution >= 0.6 is 0 Å². The van der Waals surface area contributed by atoms with Gasteiger partial charge in [0.05, 0.1) is 6.61 Å². The van der Waals surface area contributed by atoms with Gasteiger partial charge in [0.25, 0.3) is 0 Å². The summed E-state index contributed by atoms with van der Waals surface area (Å²) in [6.45, 7) is -1.55. The van der Waals surface area contributed by atoms with E-state index in [9.17, 15) is 30.7 Å². The van der Waals surface area contributed by atoms with Crippen LogP contribution in [0.1, 0.15) is 11.5 Å². The van der Waals surface area contributed by atoms with Crippen molar-refractivity contribution in [3.63, 3.8) is 0 Å². The highest BCUT2D eigenvalue weighted by molar-refractivity contribution is 5.77.